The SMILES string of the molecule is CC(C)CCC1(C(=O)NC2=CC(Cl)=C(Cl)C[CH]2)CCC1. The monoisotopic (exact) mass is 314 g/mol. The highest BCUT2D eigenvalue weighted by Crippen LogP contribution is 2.46. The van der Waals surface area contributed by atoms with Crippen LogP contribution in [0.15, 0.2) is 21.8 Å². The molecule has 0 aromatic heterocycles. The molecule has 0 unspecified atom stereocenters. The molecule has 20 heavy (non-hydrogen) atoms. The van der Waals surface area contributed by atoms with Gasteiger partial charge in [-0.2, -0.15) is 0 Å². The minimum absolute atomic E-state index is 0.148. The van der Waals surface area contributed by atoms with Crippen molar-refractivity contribution in [3.8, 4) is 0 Å². The van der Waals surface area contributed by atoms with Crippen molar-refractivity contribution in [1.29, 1.82) is 0 Å². The van der Waals surface area contributed by atoms with Gasteiger partial charge in [-0.1, -0.05) is 43.5 Å². The van der Waals surface area contributed by atoms with Crippen LogP contribution >= 0.6 is 23.2 Å². The Kier molecular flexibility index (Phi) is 5.19. The predicted molar refractivity (Wildman–Crippen MR) is 84.2 cm³/mol. The third-order valence-electron chi connectivity index (χ3n) is 4.29. The molecular weight excluding hydrogens is 293 g/mol. The molecule has 111 valence electrons. The second-order valence-electron chi connectivity index (χ2n) is 6.28. The van der Waals surface area contributed by atoms with E-state index >= 15 is 0 Å². The molecule has 2 nitrogen and oxygen atoms in total. The summed E-state index contributed by atoms with van der Waals surface area (Å²) in [6.45, 7) is 4.41. The average molecular weight is 315 g/mol. The number of hydrogen-bond acceptors (Lipinski definition) is 1. The number of carbonyl (C=O) groups excluding carboxylic acids is 1. The molecule has 1 radical (unpaired) electrons. The zero-order chi connectivity index (χ0) is 14.8. The summed E-state index contributed by atoms with van der Waals surface area (Å²) < 4.78 is 0. The number of amides is 1. The standard InChI is InChI=1S/C16H22Cl2NO/c1-11(2)6-9-16(7-3-8-16)15(20)19-12-4-5-13(17)14(18)10-12/h4,10-11H,3,5-9H2,1-2H3,(H,19,20). The Morgan fingerprint density at radius 2 is 2.10 bits per heavy atom. The molecule has 0 saturated heterocycles. The number of nitrogens with one attached hydrogen (secondary N) is 1. The average Bonchev–Trinajstić information content (AvgIpc) is 2.32. The molecule has 0 aromatic rings. The van der Waals surface area contributed by atoms with Gasteiger partial charge in [-0.25, -0.2) is 0 Å². The largest absolute Gasteiger partial charge is 0.329 e. The van der Waals surface area contributed by atoms with Crippen LogP contribution in [0.4, 0.5) is 0 Å². The van der Waals surface area contributed by atoms with Crippen LogP contribution in [0.25, 0.3) is 0 Å². The van der Waals surface area contributed by atoms with E-state index in [0.29, 0.717) is 22.4 Å². The zero-order valence-corrected chi connectivity index (χ0v) is 13.7. The van der Waals surface area contributed by atoms with Gasteiger partial charge in [-0.3, -0.25) is 4.79 Å². The Morgan fingerprint density at radius 1 is 1.40 bits per heavy atom. The molecule has 1 N–H and O–H groups in total. The number of halogens is 2. The first-order valence-electron chi connectivity index (χ1n) is 7.33. The fourth-order valence-corrected chi connectivity index (χ4v) is 3.01. The Balaban J connectivity index is 1.98. The maximum atomic E-state index is 12.6. The minimum atomic E-state index is -0.156. The van der Waals surface area contributed by atoms with Gasteiger partial charge in [-0.15, -0.1) is 0 Å². The molecule has 1 fully saturated rings. The molecule has 0 bridgehead atoms. The van der Waals surface area contributed by atoms with E-state index < -0.39 is 0 Å². The molecule has 0 heterocycles. The first kappa shape index (κ1) is 15.9. The van der Waals surface area contributed by atoms with E-state index in [0.717, 1.165) is 37.8 Å². The van der Waals surface area contributed by atoms with Crippen molar-refractivity contribution in [2.24, 2.45) is 11.3 Å². The lowest BCUT2D eigenvalue weighted by Gasteiger charge is -2.41. The topological polar surface area (TPSA) is 29.1 Å². The lowest BCUT2D eigenvalue weighted by Crippen LogP contribution is -2.45. The van der Waals surface area contributed by atoms with E-state index in [1.54, 1.807) is 6.08 Å². The summed E-state index contributed by atoms with van der Waals surface area (Å²) in [6, 6.07) is 0. The molecule has 2 aliphatic carbocycles. The smallest absolute Gasteiger partial charge is 0.230 e. The van der Waals surface area contributed by atoms with Gasteiger partial charge in [0.1, 0.15) is 0 Å². The Hall–Kier alpha value is -0.470. The zero-order valence-electron chi connectivity index (χ0n) is 12.1. The first-order chi connectivity index (χ1) is 9.43. The van der Waals surface area contributed by atoms with Crippen LogP contribution in [0.2, 0.25) is 0 Å². The molecule has 0 aliphatic heterocycles. The van der Waals surface area contributed by atoms with Gasteiger partial charge < -0.3 is 5.32 Å². The van der Waals surface area contributed by atoms with Crippen LogP contribution in [0.5, 0.6) is 0 Å². The summed E-state index contributed by atoms with van der Waals surface area (Å²) in [4.78, 5) is 12.6. The van der Waals surface area contributed by atoms with Crippen molar-refractivity contribution in [1.82, 2.24) is 5.32 Å². The predicted octanol–water partition coefficient (Wildman–Crippen LogP) is 4.89. The summed E-state index contributed by atoms with van der Waals surface area (Å²) in [5, 5.41) is 4.18. The van der Waals surface area contributed by atoms with Gasteiger partial charge >= 0.3 is 0 Å². The van der Waals surface area contributed by atoms with E-state index in [4.69, 9.17) is 23.2 Å². The molecule has 0 aromatic carbocycles. The maximum Gasteiger partial charge on any atom is 0.230 e. The number of carbonyl (C=O) groups is 1. The van der Waals surface area contributed by atoms with E-state index in [9.17, 15) is 4.79 Å². The van der Waals surface area contributed by atoms with Crippen LogP contribution in [-0.2, 0) is 4.79 Å². The van der Waals surface area contributed by atoms with E-state index in [1.165, 1.54) is 0 Å². The van der Waals surface area contributed by atoms with Crippen LogP contribution < -0.4 is 5.32 Å². The maximum absolute atomic E-state index is 12.6. The van der Waals surface area contributed by atoms with Crippen molar-refractivity contribution in [3.63, 3.8) is 0 Å². The summed E-state index contributed by atoms with van der Waals surface area (Å²) in [7, 11) is 0. The van der Waals surface area contributed by atoms with E-state index in [-0.39, 0.29) is 11.3 Å². The molecule has 1 amide bonds. The van der Waals surface area contributed by atoms with E-state index in [1.807, 2.05) is 6.42 Å². The van der Waals surface area contributed by atoms with Crippen LogP contribution in [0.3, 0.4) is 0 Å². The highest BCUT2D eigenvalue weighted by molar-refractivity contribution is 6.40. The van der Waals surface area contributed by atoms with Crippen LogP contribution in [-0.4, -0.2) is 5.91 Å². The Labute approximate surface area is 131 Å². The van der Waals surface area contributed by atoms with Gasteiger partial charge in [0, 0.05) is 22.6 Å². The molecule has 1 saturated carbocycles. The van der Waals surface area contributed by atoms with Crippen molar-refractivity contribution >= 4 is 29.1 Å². The number of allylic oxidation sites excluding steroid dienone is 4. The lowest BCUT2D eigenvalue weighted by molar-refractivity contribution is -0.136. The number of hydrogen-bond donors (Lipinski definition) is 1. The molecule has 4 heteroatoms. The summed E-state index contributed by atoms with van der Waals surface area (Å²) >= 11 is 12.0. The normalized spacial score (nSPS) is 21.6. The van der Waals surface area contributed by atoms with Gasteiger partial charge in [0.05, 0.1) is 5.03 Å². The Bertz CT molecular complexity index is 447. The Morgan fingerprint density at radius 3 is 2.60 bits per heavy atom. The van der Waals surface area contributed by atoms with Gasteiger partial charge in [0.2, 0.25) is 5.91 Å². The quantitative estimate of drug-likeness (QED) is 0.769. The van der Waals surface area contributed by atoms with E-state index in [2.05, 4.69) is 19.2 Å². The molecule has 0 atom stereocenters. The highest BCUT2D eigenvalue weighted by Gasteiger charge is 2.43. The molecular formula is C16H22Cl2NO. The van der Waals surface area contributed by atoms with Gasteiger partial charge in [-0.05, 0) is 44.1 Å². The number of rotatable bonds is 5. The summed E-state index contributed by atoms with van der Waals surface area (Å²) in [6.07, 6.45) is 9.48. The van der Waals surface area contributed by atoms with Crippen molar-refractivity contribution in [2.75, 3.05) is 0 Å². The molecule has 2 rings (SSSR count). The molecule has 0 spiro atoms. The fourth-order valence-electron chi connectivity index (χ4n) is 2.68. The summed E-state index contributed by atoms with van der Waals surface area (Å²) in [5.74, 6) is 0.784. The highest BCUT2D eigenvalue weighted by atomic mass is 35.5. The fraction of sp³-hybridized carbons (Fsp3) is 0.625. The third-order valence-corrected chi connectivity index (χ3v) is 5.08. The first-order valence-corrected chi connectivity index (χ1v) is 8.09. The summed E-state index contributed by atoms with van der Waals surface area (Å²) in [5.41, 5.74) is 0.622. The van der Waals surface area contributed by atoms with Gasteiger partial charge in [0.15, 0.2) is 0 Å². The second kappa shape index (κ2) is 6.53. The van der Waals surface area contributed by atoms with Crippen molar-refractivity contribution in [2.45, 2.75) is 52.4 Å². The van der Waals surface area contributed by atoms with Crippen molar-refractivity contribution in [3.05, 3.63) is 28.3 Å². The lowest BCUT2D eigenvalue weighted by atomic mass is 9.64. The minimum Gasteiger partial charge on any atom is -0.329 e. The second-order valence-corrected chi connectivity index (χ2v) is 7.14. The van der Waals surface area contributed by atoms with Crippen LogP contribution in [0, 0.1) is 17.8 Å². The van der Waals surface area contributed by atoms with Gasteiger partial charge in [0.25, 0.3) is 0 Å². The third kappa shape index (κ3) is 3.59. The van der Waals surface area contributed by atoms with Crippen LogP contribution in [0.1, 0.15) is 52.4 Å². The van der Waals surface area contributed by atoms with Crippen molar-refractivity contribution < 1.29 is 4.79 Å². The molecule has 2 aliphatic rings.